The molecular formula is C20H35N. The van der Waals surface area contributed by atoms with Crippen molar-refractivity contribution in [3.05, 3.63) is 35.4 Å². The SMILES string of the molecule is CCCC(C)CC(CNC(C)(C)C)Cc1ccccc1C. The van der Waals surface area contributed by atoms with Crippen molar-refractivity contribution in [1.82, 2.24) is 5.32 Å². The van der Waals surface area contributed by atoms with Crippen LogP contribution in [0.4, 0.5) is 0 Å². The maximum absolute atomic E-state index is 3.71. The van der Waals surface area contributed by atoms with Gasteiger partial charge in [0.05, 0.1) is 0 Å². The third-order valence-corrected chi connectivity index (χ3v) is 4.21. The molecule has 2 atom stereocenters. The minimum atomic E-state index is 0.206. The van der Waals surface area contributed by atoms with E-state index in [-0.39, 0.29) is 5.54 Å². The molecule has 0 fully saturated rings. The predicted octanol–water partition coefficient (Wildman–Crippen LogP) is 5.37. The fourth-order valence-corrected chi connectivity index (χ4v) is 3.02. The molecular weight excluding hydrogens is 254 g/mol. The Kier molecular flexibility index (Phi) is 7.45. The van der Waals surface area contributed by atoms with E-state index in [9.17, 15) is 0 Å². The Hall–Kier alpha value is -0.820. The zero-order valence-corrected chi connectivity index (χ0v) is 15.0. The zero-order chi connectivity index (χ0) is 15.9. The van der Waals surface area contributed by atoms with Crippen LogP contribution >= 0.6 is 0 Å². The molecule has 0 aliphatic carbocycles. The summed E-state index contributed by atoms with van der Waals surface area (Å²) in [4.78, 5) is 0. The second-order valence-corrected chi connectivity index (χ2v) is 7.76. The van der Waals surface area contributed by atoms with Gasteiger partial charge in [0.15, 0.2) is 0 Å². The predicted molar refractivity (Wildman–Crippen MR) is 94.8 cm³/mol. The lowest BCUT2D eigenvalue weighted by Crippen LogP contribution is -2.40. The van der Waals surface area contributed by atoms with Crippen LogP contribution < -0.4 is 5.32 Å². The van der Waals surface area contributed by atoms with Gasteiger partial charge in [-0.05, 0) is 70.0 Å². The van der Waals surface area contributed by atoms with Gasteiger partial charge in [0, 0.05) is 5.54 Å². The van der Waals surface area contributed by atoms with Crippen molar-refractivity contribution in [3.8, 4) is 0 Å². The summed E-state index contributed by atoms with van der Waals surface area (Å²) in [5, 5.41) is 3.71. The van der Waals surface area contributed by atoms with E-state index in [1.165, 1.54) is 36.8 Å². The van der Waals surface area contributed by atoms with Crippen molar-refractivity contribution in [2.75, 3.05) is 6.54 Å². The highest BCUT2D eigenvalue weighted by atomic mass is 14.9. The minimum absolute atomic E-state index is 0.206. The lowest BCUT2D eigenvalue weighted by molar-refractivity contribution is 0.315. The van der Waals surface area contributed by atoms with Crippen LogP contribution in [-0.2, 0) is 6.42 Å². The van der Waals surface area contributed by atoms with Gasteiger partial charge in [0.25, 0.3) is 0 Å². The minimum Gasteiger partial charge on any atom is -0.312 e. The molecule has 0 spiro atoms. The highest BCUT2D eigenvalue weighted by molar-refractivity contribution is 5.26. The third kappa shape index (κ3) is 7.66. The van der Waals surface area contributed by atoms with Gasteiger partial charge in [0.2, 0.25) is 0 Å². The van der Waals surface area contributed by atoms with Crippen molar-refractivity contribution in [2.45, 2.75) is 72.8 Å². The molecule has 0 amide bonds. The topological polar surface area (TPSA) is 12.0 Å². The molecule has 2 unspecified atom stereocenters. The maximum atomic E-state index is 3.71. The highest BCUT2D eigenvalue weighted by Gasteiger charge is 2.17. The fraction of sp³-hybridized carbons (Fsp3) is 0.700. The summed E-state index contributed by atoms with van der Waals surface area (Å²) in [6.45, 7) is 14.8. The second kappa shape index (κ2) is 8.58. The number of hydrogen-bond donors (Lipinski definition) is 1. The van der Waals surface area contributed by atoms with Crippen molar-refractivity contribution < 1.29 is 0 Å². The van der Waals surface area contributed by atoms with Gasteiger partial charge in [0.1, 0.15) is 0 Å². The van der Waals surface area contributed by atoms with E-state index < -0.39 is 0 Å². The average Bonchev–Trinajstić information content (AvgIpc) is 2.38. The van der Waals surface area contributed by atoms with Crippen LogP contribution in [0.15, 0.2) is 24.3 Å². The molecule has 0 aliphatic heterocycles. The molecule has 1 aromatic carbocycles. The lowest BCUT2D eigenvalue weighted by atomic mass is 9.86. The molecule has 1 N–H and O–H groups in total. The van der Waals surface area contributed by atoms with Crippen LogP contribution in [-0.4, -0.2) is 12.1 Å². The Bertz CT molecular complexity index is 403. The Morgan fingerprint density at radius 3 is 2.38 bits per heavy atom. The summed E-state index contributed by atoms with van der Waals surface area (Å²) < 4.78 is 0. The summed E-state index contributed by atoms with van der Waals surface area (Å²) in [5.41, 5.74) is 3.15. The molecule has 21 heavy (non-hydrogen) atoms. The van der Waals surface area contributed by atoms with Gasteiger partial charge in [-0.25, -0.2) is 0 Å². The van der Waals surface area contributed by atoms with Gasteiger partial charge >= 0.3 is 0 Å². The molecule has 0 saturated carbocycles. The van der Waals surface area contributed by atoms with Crippen molar-refractivity contribution in [2.24, 2.45) is 11.8 Å². The standard InChI is InChI=1S/C20H35N/c1-7-10-16(2)13-18(15-21-20(4,5)6)14-19-12-9-8-11-17(19)3/h8-9,11-12,16,18,21H,7,10,13-15H2,1-6H3. The van der Waals surface area contributed by atoms with Crippen molar-refractivity contribution in [1.29, 1.82) is 0 Å². The molecule has 0 aromatic heterocycles. The van der Waals surface area contributed by atoms with E-state index in [4.69, 9.17) is 0 Å². The average molecular weight is 290 g/mol. The van der Waals surface area contributed by atoms with Crippen LogP contribution in [0.5, 0.6) is 0 Å². The Morgan fingerprint density at radius 1 is 1.14 bits per heavy atom. The lowest BCUT2D eigenvalue weighted by Gasteiger charge is -2.27. The van der Waals surface area contributed by atoms with Gasteiger partial charge in [-0.1, -0.05) is 51.0 Å². The number of nitrogens with one attached hydrogen (secondary N) is 1. The van der Waals surface area contributed by atoms with Crippen LogP contribution in [0.1, 0.15) is 65.0 Å². The Labute approximate surface area is 132 Å². The summed E-state index contributed by atoms with van der Waals surface area (Å²) in [6.07, 6.45) is 5.17. The van der Waals surface area contributed by atoms with Crippen LogP contribution in [0, 0.1) is 18.8 Å². The normalized spacial score (nSPS) is 15.0. The molecule has 1 nitrogen and oxygen atoms in total. The number of aryl methyl sites for hydroxylation is 1. The van der Waals surface area contributed by atoms with Crippen LogP contribution in [0.2, 0.25) is 0 Å². The van der Waals surface area contributed by atoms with Crippen LogP contribution in [0.25, 0.3) is 0 Å². The molecule has 0 saturated heterocycles. The molecule has 1 aromatic rings. The summed E-state index contributed by atoms with van der Waals surface area (Å²) >= 11 is 0. The fourth-order valence-electron chi connectivity index (χ4n) is 3.02. The van der Waals surface area contributed by atoms with Gasteiger partial charge in [-0.15, -0.1) is 0 Å². The van der Waals surface area contributed by atoms with Crippen molar-refractivity contribution in [3.63, 3.8) is 0 Å². The highest BCUT2D eigenvalue weighted by Crippen LogP contribution is 2.22. The second-order valence-electron chi connectivity index (χ2n) is 7.76. The smallest absolute Gasteiger partial charge is 0.00966 e. The molecule has 0 bridgehead atoms. The first-order valence-electron chi connectivity index (χ1n) is 8.61. The Morgan fingerprint density at radius 2 is 1.81 bits per heavy atom. The first kappa shape index (κ1) is 18.2. The third-order valence-electron chi connectivity index (χ3n) is 4.21. The van der Waals surface area contributed by atoms with Crippen LogP contribution in [0.3, 0.4) is 0 Å². The number of hydrogen-bond acceptors (Lipinski definition) is 1. The quantitative estimate of drug-likeness (QED) is 0.678. The molecule has 1 rings (SSSR count). The van der Waals surface area contributed by atoms with Gasteiger partial charge in [-0.3, -0.25) is 0 Å². The maximum Gasteiger partial charge on any atom is 0.00966 e. The number of rotatable bonds is 8. The molecule has 120 valence electrons. The first-order chi connectivity index (χ1) is 9.81. The first-order valence-corrected chi connectivity index (χ1v) is 8.61. The molecule has 0 aliphatic rings. The monoisotopic (exact) mass is 289 g/mol. The summed E-state index contributed by atoms with van der Waals surface area (Å²) in [7, 11) is 0. The number of benzene rings is 1. The van der Waals surface area contributed by atoms with Gasteiger partial charge in [-0.2, -0.15) is 0 Å². The van der Waals surface area contributed by atoms with E-state index in [1.54, 1.807) is 0 Å². The Balaban J connectivity index is 2.69. The molecule has 1 heteroatoms. The van der Waals surface area contributed by atoms with Crippen molar-refractivity contribution >= 4 is 0 Å². The van der Waals surface area contributed by atoms with E-state index in [1.807, 2.05) is 0 Å². The molecule has 0 radical (unpaired) electrons. The van der Waals surface area contributed by atoms with E-state index >= 15 is 0 Å². The van der Waals surface area contributed by atoms with E-state index in [2.05, 4.69) is 71.1 Å². The van der Waals surface area contributed by atoms with E-state index in [0.29, 0.717) is 0 Å². The van der Waals surface area contributed by atoms with E-state index in [0.717, 1.165) is 18.4 Å². The molecule has 0 heterocycles. The summed E-state index contributed by atoms with van der Waals surface area (Å²) in [5.74, 6) is 1.55. The largest absolute Gasteiger partial charge is 0.312 e. The zero-order valence-electron chi connectivity index (χ0n) is 15.0. The summed E-state index contributed by atoms with van der Waals surface area (Å²) in [6, 6.07) is 8.84. The van der Waals surface area contributed by atoms with Gasteiger partial charge < -0.3 is 5.32 Å².